The number of ether oxygens (including phenoxy) is 1. The fraction of sp³-hybridized carbons (Fsp3) is 0.235. The highest BCUT2D eigenvalue weighted by molar-refractivity contribution is 6.04. The van der Waals surface area contributed by atoms with Gasteiger partial charge in [-0.25, -0.2) is 0 Å². The Morgan fingerprint density at radius 3 is 2.19 bits per heavy atom. The van der Waals surface area contributed by atoms with Crippen LogP contribution in [0.5, 0.6) is 0 Å². The van der Waals surface area contributed by atoms with Gasteiger partial charge in [0.25, 0.3) is 5.91 Å². The first kappa shape index (κ1) is 18.3. The molecule has 1 heterocycles. The molecule has 1 saturated heterocycles. The number of nitro benzene ring substituents is 2. The van der Waals surface area contributed by atoms with Crippen molar-refractivity contribution in [2.45, 2.75) is 0 Å². The average Bonchev–Trinajstić information content (AvgIpc) is 2.68. The minimum absolute atomic E-state index is 0.106. The molecule has 10 nitrogen and oxygen atoms in total. The molecule has 1 amide bonds. The zero-order chi connectivity index (χ0) is 19.4. The molecule has 0 spiro atoms. The van der Waals surface area contributed by atoms with Gasteiger partial charge in [-0.15, -0.1) is 0 Å². The van der Waals surface area contributed by atoms with Crippen molar-refractivity contribution in [2.24, 2.45) is 0 Å². The molecule has 2 aromatic rings. The van der Waals surface area contributed by atoms with Crippen molar-refractivity contribution >= 4 is 28.7 Å². The third-order valence-corrected chi connectivity index (χ3v) is 4.13. The van der Waals surface area contributed by atoms with E-state index in [1.807, 2.05) is 12.1 Å². The van der Waals surface area contributed by atoms with Crippen molar-refractivity contribution in [3.8, 4) is 0 Å². The summed E-state index contributed by atoms with van der Waals surface area (Å²) in [7, 11) is 0. The second kappa shape index (κ2) is 7.79. The number of benzene rings is 2. The van der Waals surface area contributed by atoms with E-state index in [4.69, 9.17) is 4.74 Å². The molecule has 1 N–H and O–H groups in total. The molecule has 1 fully saturated rings. The Bertz CT molecular complexity index is 877. The molecule has 27 heavy (non-hydrogen) atoms. The first-order valence-electron chi connectivity index (χ1n) is 8.12. The van der Waals surface area contributed by atoms with Crippen LogP contribution in [-0.4, -0.2) is 42.1 Å². The van der Waals surface area contributed by atoms with E-state index in [0.29, 0.717) is 18.8 Å². The summed E-state index contributed by atoms with van der Waals surface area (Å²) in [6, 6.07) is 10.2. The van der Waals surface area contributed by atoms with Crippen LogP contribution in [0.4, 0.5) is 22.7 Å². The molecule has 0 radical (unpaired) electrons. The van der Waals surface area contributed by atoms with E-state index in [2.05, 4.69) is 10.2 Å². The quantitative estimate of drug-likeness (QED) is 0.631. The van der Waals surface area contributed by atoms with Crippen LogP contribution in [0.1, 0.15) is 10.4 Å². The topological polar surface area (TPSA) is 128 Å². The van der Waals surface area contributed by atoms with E-state index >= 15 is 0 Å². The molecule has 1 aliphatic rings. The molecule has 140 valence electrons. The van der Waals surface area contributed by atoms with Crippen molar-refractivity contribution in [3.05, 3.63) is 68.3 Å². The number of nitro groups is 2. The Morgan fingerprint density at radius 2 is 1.59 bits per heavy atom. The summed E-state index contributed by atoms with van der Waals surface area (Å²) in [4.78, 5) is 34.6. The monoisotopic (exact) mass is 372 g/mol. The van der Waals surface area contributed by atoms with Gasteiger partial charge in [-0.2, -0.15) is 0 Å². The standard InChI is InChI=1S/C17H16N4O6/c22-17(12-1-4-14(5-2-12)19-7-9-27-10-8-19)18-13-3-6-15(20(23)24)16(11-13)21(25)26/h1-6,11H,7-10H2,(H,18,22). The average molecular weight is 372 g/mol. The predicted molar refractivity (Wildman–Crippen MR) is 97.2 cm³/mol. The Kier molecular flexibility index (Phi) is 5.27. The minimum Gasteiger partial charge on any atom is -0.378 e. The highest BCUT2D eigenvalue weighted by atomic mass is 16.6. The largest absolute Gasteiger partial charge is 0.378 e. The lowest BCUT2D eigenvalue weighted by atomic mass is 10.1. The minimum atomic E-state index is -0.856. The summed E-state index contributed by atoms with van der Waals surface area (Å²) < 4.78 is 5.30. The zero-order valence-electron chi connectivity index (χ0n) is 14.2. The van der Waals surface area contributed by atoms with E-state index in [0.717, 1.165) is 30.9 Å². The maximum atomic E-state index is 12.4. The molecule has 2 aromatic carbocycles. The van der Waals surface area contributed by atoms with E-state index in [1.54, 1.807) is 12.1 Å². The SMILES string of the molecule is O=C(Nc1ccc([N+](=O)[O-])c([N+](=O)[O-])c1)c1ccc(N2CCOCC2)cc1. The molecule has 10 heteroatoms. The van der Waals surface area contributed by atoms with Crippen molar-refractivity contribution in [1.29, 1.82) is 0 Å². The first-order valence-corrected chi connectivity index (χ1v) is 8.12. The highest BCUT2D eigenvalue weighted by Gasteiger charge is 2.24. The van der Waals surface area contributed by atoms with Gasteiger partial charge in [0.2, 0.25) is 0 Å². The molecule has 0 bridgehead atoms. The third kappa shape index (κ3) is 4.18. The lowest BCUT2D eigenvalue weighted by Gasteiger charge is -2.28. The van der Waals surface area contributed by atoms with Gasteiger partial charge in [0.1, 0.15) is 0 Å². The summed E-state index contributed by atoms with van der Waals surface area (Å²) in [5.74, 6) is -0.466. The van der Waals surface area contributed by atoms with E-state index in [9.17, 15) is 25.0 Å². The lowest BCUT2D eigenvalue weighted by molar-refractivity contribution is -0.422. The second-order valence-electron chi connectivity index (χ2n) is 5.82. The maximum absolute atomic E-state index is 12.4. The van der Waals surface area contributed by atoms with Gasteiger partial charge in [0.05, 0.1) is 23.1 Å². The predicted octanol–water partition coefficient (Wildman–Crippen LogP) is 2.59. The Hall–Kier alpha value is -3.53. The number of hydrogen-bond donors (Lipinski definition) is 1. The summed E-state index contributed by atoms with van der Waals surface area (Å²) in [5, 5.41) is 24.4. The molecule has 1 aliphatic heterocycles. The van der Waals surface area contributed by atoms with Crippen LogP contribution in [0.25, 0.3) is 0 Å². The number of carbonyl (C=O) groups excluding carboxylic acids is 1. The maximum Gasteiger partial charge on any atom is 0.348 e. The van der Waals surface area contributed by atoms with Crippen LogP contribution in [0.2, 0.25) is 0 Å². The van der Waals surface area contributed by atoms with E-state index < -0.39 is 27.1 Å². The summed E-state index contributed by atoms with van der Waals surface area (Å²) >= 11 is 0. The smallest absolute Gasteiger partial charge is 0.348 e. The number of nitrogens with zero attached hydrogens (tertiary/aromatic N) is 3. The van der Waals surface area contributed by atoms with Crippen molar-refractivity contribution < 1.29 is 19.4 Å². The number of nitrogens with one attached hydrogen (secondary N) is 1. The normalized spacial score (nSPS) is 13.9. The van der Waals surface area contributed by atoms with Crippen LogP contribution in [0, 0.1) is 20.2 Å². The van der Waals surface area contributed by atoms with Gasteiger partial charge in [-0.1, -0.05) is 0 Å². The Morgan fingerprint density at radius 1 is 0.963 bits per heavy atom. The third-order valence-electron chi connectivity index (χ3n) is 4.13. The van der Waals surface area contributed by atoms with E-state index in [1.165, 1.54) is 6.07 Å². The number of anilines is 2. The molecule has 0 atom stereocenters. The number of amides is 1. The van der Waals surface area contributed by atoms with Gasteiger partial charge < -0.3 is 15.0 Å². The van der Waals surface area contributed by atoms with Gasteiger partial charge in [-0.05, 0) is 30.3 Å². The fourth-order valence-electron chi connectivity index (χ4n) is 2.75. The molecular weight excluding hydrogens is 356 g/mol. The number of morpholine rings is 1. The van der Waals surface area contributed by atoms with Crippen molar-refractivity contribution in [2.75, 3.05) is 36.5 Å². The molecule has 0 aliphatic carbocycles. The first-order chi connectivity index (χ1) is 13.0. The molecule has 0 unspecified atom stereocenters. The summed E-state index contributed by atoms with van der Waals surface area (Å²) in [5.41, 5.74) is 0.136. The van der Waals surface area contributed by atoms with Gasteiger partial charge in [-0.3, -0.25) is 25.0 Å². The molecule has 0 aromatic heterocycles. The number of hydrogen-bond acceptors (Lipinski definition) is 7. The fourth-order valence-corrected chi connectivity index (χ4v) is 2.75. The van der Waals surface area contributed by atoms with Gasteiger partial charge in [0, 0.05) is 42.2 Å². The van der Waals surface area contributed by atoms with Crippen LogP contribution >= 0.6 is 0 Å². The van der Waals surface area contributed by atoms with Crippen LogP contribution in [0.3, 0.4) is 0 Å². The highest BCUT2D eigenvalue weighted by Crippen LogP contribution is 2.29. The van der Waals surface area contributed by atoms with Crippen LogP contribution in [0.15, 0.2) is 42.5 Å². The van der Waals surface area contributed by atoms with Gasteiger partial charge in [0.15, 0.2) is 0 Å². The van der Waals surface area contributed by atoms with Crippen molar-refractivity contribution in [3.63, 3.8) is 0 Å². The zero-order valence-corrected chi connectivity index (χ0v) is 14.2. The van der Waals surface area contributed by atoms with Gasteiger partial charge >= 0.3 is 11.4 Å². The van der Waals surface area contributed by atoms with E-state index in [-0.39, 0.29) is 5.69 Å². The van der Waals surface area contributed by atoms with Crippen LogP contribution in [-0.2, 0) is 4.74 Å². The van der Waals surface area contributed by atoms with Crippen molar-refractivity contribution in [1.82, 2.24) is 0 Å². The summed E-state index contributed by atoms with van der Waals surface area (Å²) in [6.07, 6.45) is 0. The Balaban J connectivity index is 1.74. The molecule has 3 rings (SSSR count). The van der Waals surface area contributed by atoms with Crippen LogP contribution < -0.4 is 10.2 Å². The molecular formula is C17H16N4O6. The summed E-state index contributed by atoms with van der Waals surface area (Å²) in [6.45, 7) is 2.86. The second-order valence-corrected chi connectivity index (χ2v) is 5.82. The molecule has 0 saturated carbocycles. The lowest BCUT2D eigenvalue weighted by Crippen LogP contribution is -2.36. The Labute approximate surface area is 153 Å². The number of rotatable bonds is 5. The number of carbonyl (C=O) groups is 1.